The molecule has 3 rings (SSSR count). The Hall–Kier alpha value is -2.28. The van der Waals surface area contributed by atoms with E-state index in [-0.39, 0.29) is 18.7 Å². The van der Waals surface area contributed by atoms with E-state index in [1.165, 1.54) is 12.7 Å². The van der Waals surface area contributed by atoms with E-state index < -0.39 is 5.60 Å². The number of nitrogens with zero attached hydrogens (tertiary/aromatic N) is 1. The van der Waals surface area contributed by atoms with Crippen LogP contribution in [0.3, 0.4) is 0 Å². The number of rotatable bonds is 7. The second-order valence-electron chi connectivity index (χ2n) is 10.2. The van der Waals surface area contributed by atoms with E-state index in [2.05, 4.69) is 16.9 Å². The Balaban J connectivity index is 1.33. The van der Waals surface area contributed by atoms with Crippen LogP contribution in [-0.2, 0) is 19.0 Å². The second-order valence-corrected chi connectivity index (χ2v) is 10.2. The predicted octanol–water partition coefficient (Wildman–Crippen LogP) is 4.93. The van der Waals surface area contributed by atoms with Gasteiger partial charge >= 0.3 is 12.1 Å². The zero-order valence-corrected chi connectivity index (χ0v) is 20.5. The van der Waals surface area contributed by atoms with Crippen molar-refractivity contribution in [2.75, 3.05) is 33.4 Å². The van der Waals surface area contributed by atoms with Crippen molar-refractivity contribution >= 4 is 12.1 Å². The topological polar surface area (TPSA) is 74.3 Å². The summed E-state index contributed by atoms with van der Waals surface area (Å²) in [5, 5.41) is 0. The molecule has 2 fully saturated rings. The summed E-state index contributed by atoms with van der Waals surface area (Å²) in [7, 11) is 1.35. The summed E-state index contributed by atoms with van der Waals surface area (Å²) in [6, 6.07) is 8.03. The molecule has 0 spiro atoms. The Morgan fingerprint density at radius 1 is 0.970 bits per heavy atom. The third-order valence-corrected chi connectivity index (χ3v) is 6.44. The van der Waals surface area contributed by atoms with Crippen molar-refractivity contribution in [1.82, 2.24) is 4.90 Å². The van der Waals surface area contributed by atoms with Gasteiger partial charge in [0.25, 0.3) is 0 Å². The van der Waals surface area contributed by atoms with Crippen LogP contribution in [0.5, 0.6) is 5.75 Å². The molecule has 1 saturated carbocycles. The number of amides is 1. The third kappa shape index (κ3) is 8.22. The Kier molecular flexibility index (Phi) is 9.01. The molecule has 0 atom stereocenters. The first kappa shape index (κ1) is 25.3. The molecule has 0 N–H and O–H groups in total. The SMILES string of the molecule is COC(=O)COc1ccc(C2CCC(OCC3CCN(C(=O)OC(C)(C)C)CC3)CC2)cc1. The standard InChI is InChI=1S/C26H39NO6/c1-26(2,3)33-25(29)27-15-13-19(14-16-27)17-31-22-9-5-20(6-10-22)21-7-11-23(12-8-21)32-18-24(28)30-4/h7-8,11-12,19-20,22H,5-6,9-10,13-18H2,1-4H3. The van der Waals surface area contributed by atoms with Crippen molar-refractivity contribution < 1.29 is 28.5 Å². The van der Waals surface area contributed by atoms with E-state index >= 15 is 0 Å². The molecule has 1 heterocycles. The lowest BCUT2D eigenvalue weighted by molar-refractivity contribution is -0.142. The van der Waals surface area contributed by atoms with Crippen molar-refractivity contribution in [1.29, 1.82) is 0 Å². The van der Waals surface area contributed by atoms with Crippen LogP contribution in [0.2, 0.25) is 0 Å². The molecule has 33 heavy (non-hydrogen) atoms. The molecular formula is C26H39NO6. The number of hydrogen-bond acceptors (Lipinski definition) is 6. The average Bonchev–Trinajstić information content (AvgIpc) is 2.81. The van der Waals surface area contributed by atoms with Gasteiger partial charge in [0.2, 0.25) is 0 Å². The minimum absolute atomic E-state index is 0.0711. The quantitative estimate of drug-likeness (QED) is 0.536. The highest BCUT2D eigenvalue weighted by atomic mass is 16.6. The van der Waals surface area contributed by atoms with Gasteiger partial charge in [-0.15, -0.1) is 0 Å². The molecule has 7 heteroatoms. The van der Waals surface area contributed by atoms with Crippen LogP contribution < -0.4 is 4.74 Å². The van der Waals surface area contributed by atoms with E-state index in [0.717, 1.165) is 58.2 Å². The molecule has 1 saturated heterocycles. The van der Waals surface area contributed by atoms with Crippen LogP contribution in [-0.4, -0.2) is 62.1 Å². The monoisotopic (exact) mass is 461 g/mol. The summed E-state index contributed by atoms with van der Waals surface area (Å²) in [4.78, 5) is 25.2. The molecule has 0 bridgehead atoms. The Morgan fingerprint density at radius 3 is 2.18 bits per heavy atom. The minimum Gasteiger partial charge on any atom is -0.482 e. The average molecular weight is 462 g/mol. The molecule has 1 aromatic rings. The predicted molar refractivity (Wildman–Crippen MR) is 125 cm³/mol. The Bertz CT molecular complexity index is 756. The first-order valence-corrected chi connectivity index (χ1v) is 12.1. The van der Waals surface area contributed by atoms with Crippen LogP contribution in [0.25, 0.3) is 0 Å². The van der Waals surface area contributed by atoms with Gasteiger partial charge in [-0.1, -0.05) is 12.1 Å². The number of likely N-dealkylation sites (tertiary alicyclic amines) is 1. The van der Waals surface area contributed by atoms with Gasteiger partial charge in [-0.05, 0) is 88.8 Å². The van der Waals surface area contributed by atoms with Gasteiger partial charge < -0.3 is 23.8 Å². The van der Waals surface area contributed by atoms with Crippen molar-refractivity contribution in [3.05, 3.63) is 29.8 Å². The molecule has 0 unspecified atom stereocenters. The van der Waals surface area contributed by atoms with E-state index in [1.807, 2.05) is 37.8 Å². The first-order valence-electron chi connectivity index (χ1n) is 12.1. The number of piperidine rings is 1. The first-order chi connectivity index (χ1) is 15.7. The number of methoxy groups -OCH3 is 1. The molecule has 0 aromatic heterocycles. The number of carbonyl (C=O) groups is 2. The number of benzene rings is 1. The van der Waals surface area contributed by atoms with Crippen molar-refractivity contribution in [3.8, 4) is 5.75 Å². The molecule has 2 aliphatic rings. The van der Waals surface area contributed by atoms with E-state index in [1.54, 1.807) is 0 Å². The summed E-state index contributed by atoms with van der Waals surface area (Å²) in [6.45, 7) is 7.90. The third-order valence-electron chi connectivity index (χ3n) is 6.44. The second kappa shape index (κ2) is 11.7. The van der Waals surface area contributed by atoms with E-state index in [9.17, 15) is 9.59 Å². The molecule has 184 valence electrons. The normalized spacial score (nSPS) is 22.0. The minimum atomic E-state index is -0.448. The molecular weight excluding hydrogens is 422 g/mol. The number of hydrogen-bond donors (Lipinski definition) is 0. The summed E-state index contributed by atoms with van der Waals surface area (Å²) >= 11 is 0. The van der Waals surface area contributed by atoms with Gasteiger partial charge in [-0.2, -0.15) is 0 Å². The maximum Gasteiger partial charge on any atom is 0.410 e. The molecule has 7 nitrogen and oxygen atoms in total. The lowest BCUT2D eigenvalue weighted by Crippen LogP contribution is -2.42. The molecule has 1 aliphatic heterocycles. The van der Waals surface area contributed by atoms with Gasteiger partial charge in [-0.3, -0.25) is 0 Å². The van der Waals surface area contributed by atoms with Gasteiger partial charge in [0.1, 0.15) is 11.4 Å². The van der Waals surface area contributed by atoms with Crippen LogP contribution >= 0.6 is 0 Å². The highest BCUT2D eigenvalue weighted by Gasteiger charge is 2.28. The van der Waals surface area contributed by atoms with E-state index in [4.69, 9.17) is 14.2 Å². The summed E-state index contributed by atoms with van der Waals surface area (Å²) in [5.74, 6) is 1.35. The Morgan fingerprint density at radius 2 is 1.61 bits per heavy atom. The van der Waals surface area contributed by atoms with E-state index in [0.29, 0.717) is 23.7 Å². The van der Waals surface area contributed by atoms with Gasteiger partial charge in [0.15, 0.2) is 6.61 Å². The van der Waals surface area contributed by atoms with Gasteiger partial charge in [0, 0.05) is 19.7 Å². The summed E-state index contributed by atoms with van der Waals surface area (Å²) in [6.07, 6.45) is 6.44. The fourth-order valence-electron chi connectivity index (χ4n) is 4.48. The molecule has 1 amide bonds. The maximum atomic E-state index is 12.2. The fraction of sp³-hybridized carbons (Fsp3) is 0.692. The van der Waals surface area contributed by atoms with Crippen LogP contribution in [0.4, 0.5) is 4.79 Å². The number of esters is 1. The molecule has 1 aromatic carbocycles. The largest absolute Gasteiger partial charge is 0.482 e. The summed E-state index contributed by atoms with van der Waals surface area (Å²) in [5.41, 5.74) is 0.865. The smallest absolute Gasteiger partial charge is 0.410 e. The van der Waals surface area contributed by atoms with Crippen molar-refractivity contribution in [3.63, 3.8) is 0 Å². The fourth-order valence-corrected chi connectivity index (χ4v) is 4.48. The molecule has 1 aliphatic carbocycles. The van der Waals surface area contributed by atoms with Crippen molar-refractivity contribution in [2.24, 2.45) is 5.92 Å². The Labute approximate surface area is 197 Å². The van der Waals surface area contributed by atoms with Crippen molar-refractivity contribution in [2.45, 2.75) is 76.9 Å². The van der Waals surface area contributed by atoms with Crippen LogP contribution in [0, 0.1) is 5.92 Å². The van der Waals surface area contributed by atoms with Crippen LogP contribution in [0.1, 0.15) is 70.8 Å². The van der Waals surface area contributed by atoms with Gasteiger partial charge in [0.05, 0.1) is 13.2 Å². The molecule has 0 radical (unpaired) electrons. The highest BCUT2D eigenvalue weighted by molar-refractivity contribution is 5.70. The lowest BCUT2D eigenvalue weighted by Gasteiger charge is -2.34. The highest BCUT2D eigenvalue weighted by Crippen LogP contribution is 2.35. The zero-order valence-electron chi connectivity index (χ0n) is 20.5. The summed E-state index contributed by atoms with van der Waals surface area (Å²) < 4.78 is 21.8. The number of ether oxygens (including phenoxy) is 4. The number of carbonyl (C=O) groups excluding carboxylic acids is 2. The zero-order chi connectivity index (χ0) is 23.8. The lowest BCUT2D eigenvalue weighted by atomic mass is 9.82. The van der Waals surface area contributed by atoms with Gasteiger partial charge in [-0.25, -0.2) is 9.59 Å². The van der Waals surface area contributed by atoms with Crippen LogP contribution in [0.15, 0.2) is 24.3 Å². The maximum absolute atomic E-state index is 12.2.